The number of hydrogen-bond donors (Lipinski definition) is 1. The maximum absolute atomic E-state index is 12.4. The molecule has 142 valence electrons. The SMILES string of the molecule is CCCn1ncc2cc([C@@H](C)NC(=O)Cc3ccc(C(C)C)cc3)ncc21. The second-order valence-electron chi connectivity index (χ2n) is 7.40. The van der Waals surface area contributed by atoms with Crippen LogP contribution in [-0.2, 0) is 17.8 Å². The van der Waals surface area contributed by atoms with Crippen molar-refractivity contribution in [2.24, 2.45) is 0 Å². The van der Waals surface area contributed by atoms with Crippen molar-refractivity contribution in [1.82, 2.24) is 20.1 Å². The predicted octanol–water partition coefficient (Wildman–Crippen LogP) is 4.38. The zero-order valence-corrected chi connectivity index (χ0v) is 16.6. The zero-order chi connectivity index (χ0) is 19.4. The van der Waals surface area contributed by atoms with E-state index in [1.807, 2.05) is 42.2 Å². The van der Waals surface area contributed by atoms with E-state index in [0.717, 1.165) is 35.1 Å². The van der Waals surface area contributed by atoms with Crippen LogP contribution in [0.25, 0.3) is 10.9 Å². The van der Waals surface area contributed by atoms with E-state index in [2.05, 4.69) is 48.3 Å². The van der Waals surface area contributed by atoms with Gasteiger partial charge in [-0.2, -0.15) is 5.10 Å². The Morgan fingerprint density at radius 2 is 1.89 bits per heavy atom. The quantitative estimate of drug-likeness (QED) is 0.676. The van der Waals surface area contributed by atoms with Crippen molar-refractivity contribution in [2.75, 3.05) is 0 Å². The van der Waals surface area contributed by atoms with E-state index < -0.39 is 0 Å². The lowest BCUT2D eigenvalue weighted by Crippen LogP contribution is -2.28. The third-order valence-corrected chi connectivity index (χ3v) is 4.82. The molecule has 0 unspecified atom stereocenters. The van der Waals surface area contributed by atoms with Crippen LogP contribution in [0.1, 0.15) is 62.9 Å². The fourth-order valence-corrected chi connectivity index (χ4v) is 3.19. The third kappa shape index (κ3) is 4.54. The summed E-state index contributed by atoms with van der Waals surface area (Å²) in [5.41, 5.74) is 4.19. The van der Waals surface area contributed by atoms with Gasteiger partial charge < -0.3 is 5.32 Å². The second-order valence-corrected chi connectivity index (χ2v) is 7.40. The molecule has 0 bridgehead atoms. The number of aromatic nitrogens is 3. The molecule has 2 heterocycles. The number of fused-ring (bicyclic) bond motifs is 1. The van der Waals surface area contributed by atoms with Gasteiger partial charge >= 0.3 is 0 Å². The molecule has 3 rings (SSSR count). The molecule has 0 aliphatic heterocycles. The number of amides is 1. The molecule has 1 aromatic carbocycles. The molecule has 0 fully saturated rings. The molecule has 0 saturated carbocycles. The minimum Gasteiger partial charge on any atom is -0.348 e. The first-order valence-electron chi connectivity index (χ1n) is 9.67. The van der Waals surface area contributed by atoms with Gasteiger partial charge in [0.15, 0.2) is 0 Å². The molecule has 1 N–H and O–H groups in total. The summed E-state index contributed by atoms with van der Waals surface area (Å²) in [5.74, 6) is 0.499. The Balaban J connectivity index is 1.64. The van der Waals surface area contributed by atoms with Gasteiger partial charge in [-0.3, -0.25) is 14.5 Å². The van der Waals surface area contributed by atoms with Gasteiger partial charge in [0, 0.05) is 11.9 Å². The van der Waals surface area contributed by atoms with E-state index in [1.54, 1.807) is 0 Å². The number of aryl methyl sites for hydroxylation is 1. The number of rotatable bonds is 7. The van der Waals surface area contributed by atoms with Crippen molar-refractivity contribution < 1.29 is 4.79 Å². The molecular formula is C22H28N4O. The molecule has 2 aromatic heterocycles. The molecule has 5 nitrogen and oxygen atoms in total. The summed E-state index contributed by atoms with van der Waals surface area (Å²) in [6.07, 6.45) is 5.12. The van der Waals surface area contributed by atoms with Crippen molar-refractivity contribution in [3.8, 4) is 0 Å². The van der Waals surface area contributed by atoms with Crippen molar-refractivity contribution in [3.05, 3.63) is 59.5 Å². The average molecular weight is 364 g/mol. The summed E-state index contributed by atoms with van der Waals surface area (Å²) < 4.78 is 1.97. The molecule has 0 saturated heterocycles. The van der Waals surface area contributed by atoms with Crippen molar-refractivity contribution >= 4 is 16.8 Å². The van der Waals surface area contributed by atoms with Gasteiger partial charge in [-0.15, -0.1) is 0 Å². The van der Waals surface area contributed by atoms with Crippen molar-refractivity contribution in [3.63, 3.8) is 0 Å². The van der Waals surface area contributed by atoms with Gasteiger partial charge in [-0.05, 0) is 36.5 Å². The van der Waals surface area contributed by atoms with Gasteiger partial charge in [0.25, 0.3) is 0 Å². The van der Waals surface area contributed by atoms with Crippen LogP contribution in [0.5, 0.6) is 0 Å². The molecular weight excluding hydrogens is 336 g/mol. The van der Waals surface area contributed by atoms with E-state index in [1.165, 1.54) is 5.56 Å². The molecule has 5 heteroatoms. The molecule has 3 aromatic rings. The third-order valence-electron chi connectivity index (χ3n) is 4.82. The van der Waals surface area contributed by atoms with Crippen LogP contribution in [0.15, 0.2) is 42.7 Å². The van der Waals surface area contributed by atoms with Gasteiger partial charge in [0.05, 0.1) is 36.1 Å². The highest BCUT2D eigenvalue weighted by Gasteiger charge is 2.13. The summed E-state index contributed by atoms with van der Waals surface area (Å²) in [4.78, 5) is 17.0. The molecule has 0 aliphatic carbocycles. The van der Waals surface area contributed by atoms with Crippen molar-refractivity contribution in [2.45, 2.75) is 59.0 Å². The lowest BCUT2D eigenvalue weighted by Gasteiger charge is -2.14. The Morgan fingerprint density at radius 1 is 1.15 bits per heavy atom. The minimum absolute atomic E-state index is 0.00312. The number of nitrogens with zero attached hydrogens (tertiary/aromatic N) is 3. The standard InChI is InChI=1S/C22H28N4O/c1-5-10-26-21-14-23-20(12-19(21)13-24-26)16(4)25-22(27)11-17-6-8-18(9-7-17)15(2)3/h6-9,12-16H,5,10-11H2,1-4H3,(H,25,27)/t16-/m1/s1. The van der Waals surface area contributed by atoms with Crippen LogP contribution < -0.4 is 5.32 Å². The number of hydrogen-bond acceptors (Lipinski definition) is 3. The van der Waals surface area contributed by atoms with E-state index >= 15 is 0 Å². The van der Waals surface area contributed by atoms with Gasteiger partial charge in [-0.1, -0.05) is 45.0 Å². The number of nitrogens with one attached hydrogen (secondary N) is 1. The largest absolute Gasteiger partial charge is 0.348 e. The van der Waals surface area contributed by atoms with E-state index in [4.69, 9.17) is 0 Å². The van der Waals surface area contributed by atoms with Crippen LogP contribution in [0, 0.1) is 0 Å². The fraction of sp³-hybridized carbons (Fsp3) is 0.409. The van der Waals surface area contributed by atoms with E-state index in [0.29, 0.717) is 12.3 Å². The number of carbonyl (C=O) groups excluding carboxylic acids is 1. The minimum atomic E-state index is -0.147. The van der Waals surface area contributed by atoms with Crippen LogP contribution in [-0.4, -0.2) is 20.7 Å². The highest BCUT2D eigenvalue weighted by atomic mass is 16.1. The topological polar surface area (TPSA) is 59.8 Å². The summed E-state index contributed by atoms with van der Waals surface area (Å²) in [6.45, 7) is 9.30. The van der Waals surface area contributed by atoms with Crippen LogP contribution >= 0.6 is 0 Å². The molecule has 1 atom stereocenters. The fourth-order valence-electron chi connectivity index (χ4n) is 3.19. The number of benzene rings is 1. The van der Waals surface area contributed by atoms with Gasteiger partial charge in [0.2, 0.25) is 5.91 Å². The Bertz CT molecular complexity index is 912. The molecule has 0 aliphatic rings. The van der Waals surface area contributed by atoms with E-state index in [9.17, 15) is 4.79 Å². The maximum Gasteiger partial charge on any atom is 0.224 e. The van der Waals surface area contributed by atoms with Crippen LogP contribution in [0.4, 0.5) is 0 Å². The Labute approximate surface area is 160 Å². The first-order valence-corrected chi connectivity index (χ1v) is 9.67. The van der Waals surface area contributed by atoms with E-state index in [-0.39, 0.29) is 11.9 Å². The summed E-state index contributed by atoms with van der Waals surface area (Å²) in [5, 5.41) is 8.52. The molecule has 1 amide bonds. The Hall–Kier alpha value is -2.69. The second kappa shape index (κ2) is 8.33. The normalized spacial score (nSPS) is 12.5. The first-order chi connectivity index (χ1) is 13.0. The molecule has 27 heavy (non-hydrogen) atoms. The Kier molecular flexibility index (Phi) is 5.89. The number of pyridine rings is 1. The lowest BCUT2D eigenvalue weighted by molar-refractivity contribution is -0.121. The van der Waals surface area contributed by atoms with Crippen molar-refractivity contribution in [1.29, 1.82) is 0 Å². The smallest absolute Gasteiger partial charge is 0.224 e. The van der Waals surface area contributed by atoms with Crippen LogP contribution in [0.2, 0.25) is 0 Å². The average Bonchev–Trinajstić information content (AvgIpc) is 3.04. The maximum atomic E-state index is 12.4. The van der Waals surface area contributed by atoms with Gasteiger partial charge in [0.1, 0.15) is 0 Å². The van der Waals surface area contributed by atoms with Crippen LogP contribution in [0.3, 0.4) is 0 Å². The zero-order valence-electron chi connectivity index (χ0n) is 16.6. The highest BCUT2D eigenvalue weighted by Crippen LogP contribution is 2.19. The molecule has 0 spiro atoms. The lowest BCUT2D eigenvalue weighted by atomic mass is 10.0. The highest BCUT2D eigenvalue weighted by molar-refractivity contribution is 5.80. The summed E-state index contributed by atoms with van der Waals surface area (Å²) >= 11 is 0. The first kappa shape index (κ1) is 19.1. The van der Waals surface area contributed by atoms with Gasteiger partial charge in [-0.25, -0.2) is 0 Å². The molecule has 0 radical (unpaired) electrons. The monoisotopic (exact) mass is 364 g/mol. The predicted molar refractivity (Wildman–Crippen MR) is 109 cm³/mol. The summed E-state index contributed by atoms with van der Waals surface area (Å²) in [6, 6.07) is 10.1. The number of carbonyl (C=O) groups is 1. The Morgan fingerprint density at radius 3 is 2.56 bits per heavy atom. The summed E-state index contributed by atoms with van der Waals surface area (Å²) in [7, 11) is 0.